The first-order valence-corrected chi connectivity index (χ1v) is 9.34. The number of aryl methyl sites for hydroxylation is 1. The van der Waals surface area contributed by atoms with Gasteiger partial charge in [-0.15, -0.1) is 0 Å². The zero-order chi connectivity index (χ0) is 18.7. The highest BCUT2D eigenvalue weighted by atomic mass is 16.7. The van der Waals surface area contributed by atoms with Crippen LogP contribution in [0.25, 0.3) is 0 Å². The maximum Gasteiger partial charge on any atom is 0.272 e. The van der Waals surface area contributed by atoms with E-state index in [2.05, 4.69) is 15.3 Å². The van der Waals surface area contributed by atoms with Gasteiger partial charge in [-0.05, 0) is 18.6 Å². The second-order valence-corrected chi connectivity index (χ2v) is 6.96. The maximum absolute atomic E-state index is 12.9. The monoisotopic (exact) mass is 368 g/mol. The fraction of sp³-hybridized carbons (Fsp3) is 0.450. The van der Waals surface area contributed by atoms with Gasteiger partial charge in [0.25, 0.3) is 5.91 Å². The van der Waals surface area contributed by atoms with Gasteiger partial charge in [0.05, 0.1) is 13.2 Å². The third-order valence-electron chi connectivity index (χ3n) is 4.99. The standard InChI is InChI=1S/C20H24N4O3/c1-15-13-17(23-19(22-15)21-14-16-5-3-2-4-6-16)18(25)24-9-7-20(8-10-24)26-11-12-27-20/h2-6,13H,7-12,14H2,1H3,(H,21,22,23). The van der Waals surface area contributed by atoms with Gasteiger partial charge in [0.2, 0.25) is 5.95 Å². The molecule has 0 saturated carbocycles. The molecule has 2 aliphatic rings. The van der Waals surface area contributed by atoms with E-state index in [1.165, 1.54) is 0 Å². The molecule has 7 nitrogen and oxygen atoms in total. The lowest BCUT2D eigenvalue weighted by molar-refractivity contribution is -0.181. The molecule has 2 aromatic rings. The van der Waals surface area contributed by atoms with Gasteiger partial charge in [-0.1, -0.05) is 30.3 Å². The van der Waals surface area contributed by atoms with Gasteiger partial charge < -0.3 is 19.7 Å². The summed E-state index contributed by atoms with van der Waals surface area (Å²) in [5, 5.41) is 3.21. The molecule has 0 atom stereocenters. The Kier molecular flexibility index (Phi) is 5.05. The van der Waals surface area contributed by atoms with Gasteiger partial charge >= 0.3 is 0 Å². The Balaban J connectivity index is 1.42. The van der Waals surface area contributed by atoms with Crippen molar-refractivity contribution in [1.82, 2.24) is 14.9 Å². The van der Waals surface area contributed by atoms with Crippen LogP contribution in [0.5, 0.6) is 0 Å². The van der Waals surface area contributed by atoms with E-state index in [9.17, 15) is 4.79 Å². The number of piperidine rings is 1. The summed E-state index contributed by atoms with van der Waals surface area (Å²) < 4.78 is 11.5. The van der Waals surface area contributed by atoms with Crippen molar-refractivity contribution in [2.45, 2.75) is 32.1 Å². The summed E-state index contributed by atoms with van der Waals surface area (Å²) in [6, 6.07) is 11.8. The first-order valence-electron chi connectivity index (χ1n) is 9.34. The molecule has 4 rings (SSSR count). The van der Waals surface area contributed by atoms with E-state index >= 15 is 0 Å². The lowest BCUT2D eigenvalue weighted by atomic mass is 10.0. The zero-order valence-electron chi connectivity index (χ0n) is 15.5. The topological polar surface area (TPSA) is 76.6 Å². The number of anilines is 1. The van der Waals surface area contributed by atoms with Gasteiger partial charge in [0.15, 0.2) is 5.79 Å². The Morgan fingerprint density at radius 3 is 2.56 bits per heavy atom. The minimum atomic E-state index is -0.485. The number of carbonyl (C=O) groups is 1. The Labute approximate surface area is 158 Å². The van der Waals surface area contributed by atoms with E-state index in [-0.39, 0.29) is 5.91 Å². The van der Waals surface area contributed by atoms with Crippen LogP contribution in [0.15, 0.2) is 36.4 Å². The first kappa shape index (κ1) is 17.9. The van der Waals surface area contributed by atoms with E-state index in [1.54, 1.807) is 6.07 Å². The van der Waals surface area contributed by atoms with Gasteiger partial charge in [-0.2, -0.15) is 0 Å². The molecule has 0 unspecified atom stereocenters. The van der Waals surface area contributed by atoms with E-state index in [1.807, 2.05) is 42.2 Å². The average Bonchev–Trinajstić information content (AvgIpc) is 3.15. The number of amides is 1. The highest BCUT2D eigenvalue weighted by molar-refractivity contribution is 5.92. The second-order valence-electron chi connectivity index (χ2n) is 6.96. The molecule has 1 aromatic carbocycles. The Bertz CT molecular complexity index is 796. The highest BCUT2D eigenvalue weighted by Crippen LogP contribution is 2.31. The van der Waals surface area contributed by atoms with Crippen LogP contribution in [0.4, 0.5) is 5.95 Å². The molecule has 142 valence electrons. The van der Waals surface area contributed by atoms with Crippen molar-refractivity contribution in [2.24, 2.45) is 0 Å². The van der Waals surface area contributed by atoms with E-state index < -0.39 is 5.79 Å². The smallest absolute Gasteiger partial charge is 0.272 e. The number of rotatable bonds is 4. The summed E-state index contributed by atoms with van der Waals surface area (Å²) >= 11 is 0. The number of nitrogens with one attached hydrogen (secondary N) is 1. The van der Waals surface area contributed by atoms with Crippen LogP contribution >= 0.6 is 0 Å². The third kappa shape index (κ3) is 4.09. The number of nitrogens with zero attached hydrogens (tertiary/aromatic N) is 3. The summed E-state index contributed by atoms with van der Waals surface area (Å²) in [7, 11) is 0. The van der Waals surface area contributed by atoms with Crippen LogP contribution < -0.4 is 5.32 Å². The summed E-state index contributed by atoms with van der Waals surface area (Å²) in [4.78, 5) is 23.6. The Hall–Kier alpha value is -2.51. The second kappa shape index (κ2) is 7.62. The van der Waals surface area contributed by atoms with Crippen LogP contribution in [0, 0.1) is 6.92 Å². The van der Waals surface area contributed by atoms with Crippen LogP contribution in [0.2, 0.25) is 0 Å². The van der Waals surface area contributed by atoms with Crippen LogP contribution in [0.3, 0.4) is 0 Å². The molecule has 1 N–H and O–H groups in total. The molecule has 1 amide bonds. The number of aromatic nitrogens is 2. The molecule has 0 radical (unpaired) electrons. The SMILES string of the molecule is Cc1cc(C(=O)N2CCC3(CC2)OCCO3)nc(NCc2ccccc2)n1. The van der Waals surface area contributed by atoms with Crippen LogP contribution in [-0.4, -0.2) is 52.9 Å². The molecule has 3 heterocycles. The van der Waals surface area contributed by atoms with Crippen molar-refractivity contribution in [3.63, 3.8) is 0 Å². The summed E-state index contributed by atoms with van der Waals surface area (Å²) in [5.74, 6) is -0.0879. The van der Waals surface area contributed by atoms with E-state index in [0.717, 1.165) is 11.3 Å². The molecular weight excluding hydrogens is 344 g/mol. The fourth-order valence-electron chi connectivity index (χ4n) is 3.53. The zero-order valence-corrected chi connectivity index (χ0v) is 15.5. The predicted molar refractivity (Wildman–Crippen MR) is 100 cm³/mol. The minimum absolute atomic E-state index is 0.0730. The van der Waals surface area contributed by atoms with Crippen LogP contribution in [-0.2, 0) is 16.0 Å². The van der Waals surface area contributed by atoms with Crippen molar-refractivity contribution >= 4 is 11.9 Å². The lowest BCUT2D eigenvalue weighted by Gasteiger charge is -2.37. The van der Waals surface area contributed by atoms with Gasteiger partial charge in [0.1, 0.15) is 5.69 Å². The number of ether oxygens (including phenoxy) is 2. The third-order valence-corrected chi connectivity index (χ3v) is 4.99. The van der Waals surface area contributed by atoms with E-state index in [0.29, 0.717) is 57.3 Å². The number of benzene rings is 1. The fourth-order valence-corrected chi connectivity index (χ4v) is 3.53. The van der Waals surface area contributed by atoms with Gasteiger partial charge in [-0.25, -0.2) is 9.97 Å². The highest BCUT2D eigenvalue weighted by Gasteiger charge is 2.41. The molecular formula is C20H24N4O3. The summed E-state index contributed by atoms with van der Waals surface area (Å²) in [6.07, 6.45) is 1.39. The van der Waals surface area contributed by atoms with Crippen molar-refractivity contribution in [1.29, 1.82) is 0 Å². The number of hydrogen-bond donors (Lipinski definition) is 1. The van der Waals surface area contributed by atoms with Crippen molar-refractivity contribution in [3.05, 3.63) is 53.3 Å². The normalized spacial score (nSPS) is 18.6. The minimum Gasteiger partial charge on any atom is -0.350 e. The van der Waals surface area contributed by atoms with Crippen LogP contribution in [0.1, 0.15) is 34.6 Å². The molecule has 1 spiro atoms. The van der Waals surface area contributed by atoms with Crippen molar-refractivity contribution in [2.75, 3.05) is 31.6 Å². The molecule has 2 saturated heterocycles. The lowest BCUT2D eigenvalue weighted by Crippen LogP contribution is -2.47. The predicted octanol–water partition coefficient (Wildman–Crippen LogP) is 2.38. The van der Waals surface area contributed by atoms with Crippen molar-refractivity contribution in [3.8, 4) is 0 Å². The van der Waals surface area contributed by atoms with E-state index in [4.69, 9.17) is 9.47 Å². The first-order chi connectivity index (χ1) is 13.1. The molecule has 1 aromatic heterocycles. The molecule has 0 aliphatic carbocycles. The maximum atomic E-state index is 12.9. The largest absolute Gasteiger partial charge is 0.350 e. The van der Waals surface area contributed by atoms with Crippen molar-refractivity contribution < 1.29 is 14.3 Å². The quantitative estimate of drug-likeness (QED) is 0.893. The van der Waals surface area contributed by atoms with Gasteiger partial charge in [0, 0.05) is 38.2 Å². The Morgan fingerprint density at radius 1 is 1.15 bits per heavy atom. The number of likely N-dealkylation sites (tertiary alicyclic amines) is 1. The molecule has 2 aliphatic heterocycles. The number of carbonyl (C=O) groups excluding carboxylic acids is 1. The van der Waals surface area contributed by atoms with Gasteiger partial charge in [-0.3, -0.25) is 4.79 Å². The average molecular weight is 368 g/mol. The molecule has 0 bridgehead atoms. The molecule has 2 fully saturated rings. The summed E-state index contributed by atoms with van der Waals surface area (Å²) in [5.41, 5.74) is 2.32. The molecule has 27 heavy (non-hydrogen) atoms. The number of hydrogen-bond acceptors (Lipinski definition) is 6. The molecule has 7 heteroatoms. The summed E-state index contributed by atoms with van der Waals surface area (Å²) in [6.45, 7) is 4.96. The Morgan fingerprint density at radius 2 is 1.85 bits per heavy atom.